The van der Waals surface area contributed by atoms with Gasteiger partial charge in [-0.3, -0.25) is 0 Å². The number of rotatable bonds is 5. The molecular formula is C14H25NO4S2. The second kappa shape index (κ2) is 6.35. The first kappa shape index (κ1) is 16.1. The molecule has 3 aliphatic rings. The van der Waals surface area contributed by atoms with Gasteiger partial charge in [0.15, 0.2) is 0 Å². The van der Waals surface area contributed by atoms with E-state index in [1.165, 1.54) is 0 Å². The number of nitrogens with zero attached hydrogens (tertiary/aromatic N) is 1. The molecule has 3 fully saturated rings. The lowest BCUT2D eigenvalue weighted by Crippen LogP contribution is -2.60. The molecule has 122 valence electrons. The van der Waals surface area contributed by atoms with Gasteiger partial charge in [-0.15, -0.1) is 11.8 Å². The van der Waals surface area contributed by atoms with Crippen LogP contribution in [0.4, 0.5) is 0 Å². The lowest BCUT2D eigenvalue weighted by atomic mass is 9.95. The molecule has 0 saturated carbocycles. The number of thioether (sulfide) groups is 1. The summed E-state index contributed by atoms with van der Waals surface area (Å²) in [5.74, 6) is 1.85. The highest BCUT2D eigenvalue weighted by Gasteiger charge is 2.52. The Morgan fingerprint density at radius 3 is 2.71 bits per heavy atom. The van der Waals surface area contributed by atoms with E-state index in [9.17, 15) is 8.42 Å². The Morgan fingerprint density at radius 1 is 1.33 bits per heavy atom. The van der Waals surface area contributed by atoms with E-state index in [0.29, 0.717) is 25.1 Å². The van der Waals surface area contributed by atoms with Crippen LogP contribution in [0.5, 0.6) is 0 Å². The summed E-state index contributed by atoms with van der Waals surface area (Å²) in [5.41, 5.74) is 0. The molecule has 3 saturated heterocycles. The molecule has 1 atom stereocenters. The molecule has 0 N–H and O–H groups in total. The van der Waals surface area contributed by atoms with Gasteiger partial charge in [0.1, 0.15) is 0 Å². The molecule has 3 aliphatic heterocycles. The van der Waals surface area contributed by atoms with Crippen LogP contribution in [-0.2, 0) is 19.5 Å². The monoisotopic (exact) mass is 335 g/mol. The van der Waals surface area contributed by atoms with Gasteiger partial charge in [-0.05, 0) is 32.1 Å². The highest BCUT2D eigenvalue weighted by Crippen LogP contribution is 2.47. The molecule has 0 amide bonds. The van der Waals surface area contributed by atoms with Crippen LogP contribution in [0.1, 0.15) is 26.2 Å². The van der Waals surface area contributed by atoms with Gasteiger partial charge in [0.2, 0.25) is 10.0 Å². The van der Waals surface area contributed by atoms with Gasteiger partial charge in [-0.25, -0.2) is 8.42 Å². The summed E-state index contributed by atoms with van der Waals surface area (Å²) in [7, 11) is -3.01. The normalized spacial score (nSPS) is 30.6. The van der Waals surface area contributed by atoms with Crippen LogP contribution in [0.2, 0.25) is 0 Å². The summed E-state index contributed by atoms with van der Waals surface area (Å²) in [6, 6.07) is 0. The van der Waals surface area contributed by atoms with Crippen molar-refractivity contribution < 1.29 is 17.9 Å². The third kappa shape index (κ3) is 3.58. The topological polar surface area (TPSA) is 55.8 Å². The maximum Gasteiger partial charge on any atom is 0.213 e. The summed E-state index contributed by atoms with van der Waals surface area (Å²) >= 11 is 1.90. The van der Waals surface area contributed by atoms with Crippen molar-refractivity contribution in [3.05, 3.63) is 0 Å². The molecule has 1 unspecified atom stereocenters. The van der Waals surface area contributed by atoms with Crippen molar-refractivity contribution in [3.63, 3.8) is 0 Å². The van der Waals surface area contributed by atoms with Crippen LogP contribution < -0.4 is 0 Å². The molecule has 0 aromatic rings. The second-order valence-corrected chi connectivity index (χ2v) is 10.1. The Kier molecular flexibility index (Phi) is 4.86. The summed E-state index contributed by atoms with van der Waals surface area (Å²) in [6.45, 7) is 5.61. The predicted molar refractivity (Wildman–Crippen MR) is 84.1 cm³/mol. The fraction of sp³-hybridized carbons (Fsp3) is 1.00. The lowest BCUT2D eigenvalue weighted by molar-refractivity contribution is -0.00923. The van der Waals surface area contributed by atoms with E-state index in [0.717, 1.165) is 44.8 Å². The van der Waals surface area contributed by atoms with Crippen molar-refractivity contribution in [1.82, 2.24) is 4.31 Å². The number of hydrogen-bond acceptors (Lipinski definition) is 5. The van der Waals surface area contributed by atoms with Gasteiger partial charge in [-0.2, -0.15) is 4.31 Å². The van der Waals surface area contributed by atoms with Crippen molar-refractivity contribution >= 4 is 21.8 Å². The third-order valence-corrected chi connectivity index (χ3v) is 8.12. The zero-order valence-electron chi connectivity index (χ0n) is 12.6. The molecule has 0 aliphatic carbocycles. The Labute approximate surface area is 131 Å². The zero-order valence-corrected chi connectivity index (χ0v) is 14.3. The summed E-state index contributed by atoms with van der Waals surface area (Å²) in [5, 5.41) is 0. The fourth-order valence-corrected chi connectivity index (χ4v) is 6.26. The third-order valence-electron chi connectivity index (χ3n) is 4.77. The minimum absolute atomic E-state index is 0.128. The molecule has 21 heavy (non-hydrogen) atoms. The van der Waals surface area contributed by atoms with Crippen molar-refractivity contribution in [2.24, 2.45) is 5.92 Å². The smallest absolute Gasteiger partial charge is 0.213 e. The molecule has 5 nitrogen and oxygen atoms in total. The van der Waals surface area contributed by atoms with E-state index in [-0.39, 0.29) is 10.5 Å². The van der Waals surface area contributed by atoms with Gasteiger partial charge >= 0.3 is 0 Å². The maximum atomic E-state index is 11.8. The van der Waals surface area contributed by atoms with Crippen LogP contribution in [0, 0.1) is 5.92 Å². The molecule has 3 rings (SSSR count). The van der Waals surface area contributed by atoms with Gasteiger partial charge in [0.25, 0.3) is 0 Å². The van der Waals surface area contributed by atoms with Crippen LogP contribution in [0.15, 0.2) is 0 Å². The van der Waals surface area contributed by atoms with Crippen molar-refractivity contribution in [1.29, 1.82) is 0 Å². The van der Waals surface area contributed by atoms with E-state index in [4.69, 9.17) is 9.47 Å². The minimum Gasteiger partial charge on any atom is -0.381 e. The molecular weight excluding hydrogens is 310 g/mol. The average molecular weight is 335 g/mol. The first-order chi connectivity index (χ1) is 10.0. The van der Waals surface area contributed by atoms with Crippen molar-refractivity contribution in [2.75, 3.05) is 44.4 Å². The molecule has 0 radical (unpaired) electrons. The Balaban J connectivity index is 1.42. The van der Waals surface area contributed by atoms with Crippen LogP contribution in [0.3, 0.4) is 0 Å². The predicted octanol–water partition coefficient (Wildman–Crippen LogP) is 1.34. The quantitative estimate of drug-likeness (QED) is 0.759. The first-order valence-corrected chi connectivity index (χ1v) is 10.4. The van der Waals surface area contributed by atoms with E-state index in [1.807, 2.05) is 11.8 Å². The largest absolute Gasteiger partial charge is 0.381 e. The minimum atomic E-state index is -3.01. The fourth-order valence-electron chi connectivity index (χ4n) is 3.29. The number of ether oxygens (including phenoxy) is 2. The molecule has 7 heteroatoms. The first-order valence-electron chi connectivity index (χ1n) is 7.84. The number of hydrogen-bond donors (Lipinski definition) is 0. The Morgan fingerprint density at radius 2 is 2.05 bits per heavy atom. The second-order valence-electron chi connectivity index (χ2n) is 6.38. The molecule has 0 aromatic heterocycles. The van der Waals surface area contributed by atoms with Crippen LogP contribution >= 0.6 is 11.8 Å². The highest BCUT2D eigenvalue weighted by atomic mass is 32.2. The van der Waals surface area contributed by atoms with Crippen LogP contribution in [0.25, 0.3) is 0 Å². The van der Waals surface area contributed by atoms with E-state index >= 15 is 0 Å². The Hall–Kier alpha value is 0.180. The standard InChI is InChI=1S/C14H25NO4S2/c1-2-21(16,17)15-10-14(11-15)7-13(9-20-14)19-8-12-3-5-18-6-4-12/h12-13H,2-11H2,1H3. The van der Waals surface area contributed by atoms with Crippen LogP contribution in [-0.4, -0.2) is 68.0 Å². The van der Waals surface area contributed by atoms with Gasteiger partial charge in [0, 0.05) is 43.4 Å². The summed E-state index contributed by atoms with van der Waals surface area (Å²) < 4.78 is 36.8. The molecule has 0 bridgehead atoms. The van der Waals surface area contributed by atoms with Gasteiger partial charge < -0.3 is 9.47 Å². The average Bonchev–Trinajstić information content (AvgIpc) is 2.89. The molecule has 1 spiro atoms. The zero-order chi connectivity index (χ0) is 14.9. The summed E-state index contributed by atoms with van der Waals surface area (Å²) in [4.78, 5) is 0. The van der Waals surface area contributed by atoms with Crippen molar-refractivity contribution in [3.8, 4) is 0 Å². The van der Waals surface area contributed by atoms with Gasteiger partial charge in [-0.1, -0.05) is 0 Å². The molecule has 3 heterocycles. The summed E-state index contributed by atoms with van der Waals surface area (Å²) in [6.07, 6.45) is 3.50. The maximum absolute atomic E-state index is 11.8. The lowest BCUT2D eigenvalue weighted by Gasteiger charge is -2.46. The SMILES string of the molecule is CCS(=O)(=O)N1CC2(CC(OCC3CCOCC3)CS2)C1. The van der Waals surface area contributed by atoms with E-state index in [1.54, 1.807) is 11.2 Å². The molecule has 0 aromatic carbocycles. The van der Waals surface area contributed by atoms with E-state index < -0.39 is 10.0 Å². The Bertz CT molecular complexity index is 456. The van der Waals surface area contributed by atoms with Crippen molar-refractivity contribution in [2.45, 2.75) is 37.0 Å². The van der Waals surface area contributed by atoms with E-state index in [2.05, 4.69) is 0 Å². The van der Waals surface area contributed by atoms with Gasteiger partial charge in [0.05, 0.1) is 11.9 Å². The highest BCUT2D eigenvalue weighted by molar-refractivity contribution is 8.01. The number of sulfonamides is 1.